The van der Waals surface area contributed by atoms with E-state index in [0.29, 0.717) is 0 Å². The maximum atomic E-state index is 11.8. The Morgan fingerprint density at radius 2 is 1.53 bits per heavy atom. The van der Waals surface area contributed by atoms with Crippen molar-refractivity contribution in [3.8, 4) is 0 Å². The molecule has 15 heavy (non-hydrogen) atoms. The van der Waals surface area contributed by atoms with E-state index in [4.69, 9.17) is 0 Å². The third-order valence-electron chi connectivity index (χ3n) is 1.28. The van der Waals surface area contributed by atoms with Crippen LogP contribution in [0.5, 0.6) is 0 Å². The monoisotopic (exact) mass is 260 g/mol. The van der Waals surface area contributed by atoms with Gasteiger partial charge in [-0.05, 0) is 6.92 Å². The number of hydrogen-bond donors (Lipinski definition) is 0. The molecule has 1 unspecified atom stereocenters. The largest absolute Gasteiger partial charge is 0.413 e. The molecule has 92 valence electrons. The molecule has 0 aliphatic rings. The van der Waals surface area contributed by atoms with Gasteiger partial charge >= 0.3 is 12.4 Å². The molecule has 0 saturated heterocycles. The maximum Gasteiger partial charge on any atom is 0.413 e. The Kier molecular flexibility index (Phi) is 4.02. The lowest BCUT2D eigenvalue weighted by molar-refractivity contribution is -0.156. The molecule has 0 aromatic rings. The summed E-state index contributed by atoms with van der Waals surface area (Å²) in [6, 6.07) is 0. The van der Waals surface area contributed by atoms with Crippen molar-refractivity contribution in [2.24, 2.45) is 0 Å². The summed E-state index contributed by atoms with van der Waals surface area (Å²) >= 11 is 0. The summed E-state index contributed by atoms with van der Waals surface area (Å²) in [6.45, 7) is -2.07. The number of rotatable bonds is 3. The molecular formula is C5H6F6O3S. The summed E-state index contributed by atoms with van der Waals surface area (Å²) in [5.41, 5.74) is 0. The van der Waals surface area contributed by atoms with E-state index < -0.39 is 34.3 Å². The lowest BCUT2D eigenvalue weighted by atomic mass is 10.5. The Balaban J connectivity index is 4.59. The molecule has 0 spiro atoms. The van der Waals surface area contributed by atoms with Crippen LogP contribution in [0.3, 0.4) is 0 Å². The molecule has 0 bridgehead atoms. The first-order valence-corrected chi connectivity index (χ1v) is 4.85. The molecule has 0 heterocycles. The molecule has 10 heteroatoms. The highest BCUT2D eigenvalue weighted by atomic mass is 32.2. The molecule has 0 rings (SSSR count). The van der Waals surface area contributed by atoms with Gasteiger partial charge in [-0.2, -0.15) is 34.8 Å². The van der Waals surface area contributed by atoms with E-state index >= 15 is 0 Å². The highest BCUT2D eigenvalue weighted by molar-refractivity contribution is 7.87. The zero-order valence-electron chi connectivity index (χ0n) is 7.19. The second-order valence-corrected chi connectivity index (χ2v) is 4.48. The Bertz CT molecular complexity index is 302. The maximum absolute atomic E-state index is 11.8. The van der Waals surface area contributed by atoms with Gasteiger partial charge in [0.15, 0.2) is 11.9 Å². The molecule has 0 saturated carbocycles. The number of hydrogen-bond acceptors (Lipinski definition) is 3. The third kappa shape index (κ3) is 5.21. The van der Waals surface area contributed by atoms with E-state index in [2.05, 4.69) is 4.18 Å². The Hall–Kier alpha value is -0.510. The summed E-state index contributed by atoms with van der Waals surface area (Å²) in [5.74, 6) is 0. The molecule has 3 nitrogen and oxygen atoms in total. The Morgan fingerprint density at radius 3 is 1.80 bits per heavy atom. The first-order valence-electron chi connectivity index (χ1n) is 3.38. The van der Waals surface area contributed by atoms with Gasteiger partial charge in [0.2, 0.25) is 0 Å². The highest BCUT2D eigenvalue weighted by Crippen LogP contribution is 2.27. The normalized spacial score (nSPS) is 16.5. The summed E-state index contributed by atoms with van der Waals surface area (Å²) < 4.78 is 94.3. The lowest BCUT2D eigenvalue weighted by Crippen LogP contribution is -2.36. The van der Waals surface area contributed by atoms with E-state index in [1.54, 1.807) is 0 Å². The van der Waals surface area contributed by atoms with E-state index in [-0.39, 0.29) is 6.92 Å². The fourth-order valence-corrected chi connectivity index (χ4v) is 1.24. The third-order valence-corrected chi connectivity index (χ3v) is 2.86. The minimum atomic E-state index is -5.30. The van der Waals surface area contributed by atoms with Gasteiger partial charge in [0.25, 0.3) is 10.1 Å². The van der Waals surface area contributed by atoms with Crippen molar-refractivity contribution in [2.75, 3.05) is 6.61 Å². The fraction of sp³-hybridized carbons (Fsp3) is 1.00. The Morgan fingerprint density at radius 1 is 1.13 bits per heavy atom. The van der Waals surface area contributed by atoms with Gasteiger partial charge < -0.3 is 0 Å². The second kappa shape index (κ2) is 4.16. The van der Waals surface area contributed by atoms with E-state index in [9.17, 15) is 34.8 Å². The second-order valence-electron chi connectivity index (χ2n) is 2.55. The predicted octanol–water partition coefficient (Wildman–Crippen LogP) is 1.85. The first kappa shape index (κ1) is 14.5. The zero-order valence-corrected chi connectivity index (χ0v) is 8.00. The molecule has 0 aromatic carbocycles. The van der Waals surface area contributed by atoms with Gasteiger partial charge in [-0.1, -0.05) is 0 Å². The first-order chi connectivity index (χ1) is 6.36. The van der Waals surface area contributed by atoms with Crippen LogP contribution in [-0.4, -0.2) is 32.6 Å². The average molecular weight is 260 g/mol. The summed E-state index contributed by atoms with van der Waals surface area (Å²) in [5, 5.41) is -2.99. The number of halogens is 6. The highest BCUT2D eigenvalue weighted by Gasteiger charge is 2.47. The van der Waals surface area contributed by atoms with Crippen LogP contribution in [0.25, 0.3) is 0 Å². The molecule has 0 radical (unpaired) electrons. The SMILES string of the molecule is CC(C(F)(F)F)S(=O)(=O)OCC(F)(F)F. The van der Waals surface area contributed by atoms with Gasteiger partial charge in [-0.3, -0.25) is 4.18 Å². The van der Waals surface area contributed by atoms with Crippen molar-refractivity contribution < 1.29 is 38.9 Å². The lowest BCUT2D eigenvalue weighted by Gasteiger charge is -2.16. The van der Waals surface area contributed by atoms with Crippen molar-refractivity contribution in [2.45, 2.75) is 24.5 Å². The summed E-state index contributed by atoms with van der Waals surface area (Å²) in [6.07, 6.45) is -10.2. The van der Waals surface area contributed by atoms with Crippen molar-refractivity contribution in [3.05, 3.63) is 0 Å². The van der Waals surface area contributed by atoms with Crippen LogP contribution in [0.4, 0.5) is 26.3 Å². The van der Waals surface area contributed by atoms with Crippen LogP contribution in [0, 0.1) is 0 Å². The van der Waals surface area contributed by atoms with E-state index in [0.717, 1.165) is 0 Å². The smallest absolute Gasteiger partial charge is 0.260 e. The predicted molar refractivity (Wildman–Crippen MR) is 36.4 cm³/mol. The molecular weight excluding hydrogens is 254 g/mol. The summed E-state index contributed by atoms with van der Waals surface area (Å²) in [4.78, 5) is 0. The van der Waals surface area contributed by atoms with Gasteiger partial charge in [0, 0.05) is 0 Å². The quantitative estimate of drug-likeness (QED) is 0.574. The van der Waals surface area contributed by atoms with E-state index in [1.807, 2.05) is 0 Å². The van der Waals surface area contributed by atoms with Crippen molar-refractivity contribution in [1.29, 1.82) is 0 Å². The molecule has 0 amide bonds. The average Bonchev–Trinajstić information content (AvgIpc) is 1.97. The van der Waals surface area contributed by atoms with Gasteiger partial charge in [-0.15, -0.1) is 0 Å². The topological polar surface area (TPSA) is 43.4 Å². The molecule has 0 aromatic heterocycles. The van der Waals surface area contributed by atoms with Crippen LogP contribution in [0.15, 0.2) is 0 Å². The van der Waals surface area contributed by atoms with Crippen molar-refractivity contribution in [3.63, 3.8) is 0 Å². The van der Waals surface area contributed by atoms with Crippen LogP contribution in [-0.2, 0) is 14.3 Å². The van der Waals surface area contributed by atoms with Crippen LogP contribution < -0.4 is 0 Å². The minimum absolute atomic E-state index is 0.200. The molecule has 0 fully saturated rings. The van der Waals surface area contributed by atoms with Gasteiger partial charge in [-0.25, -0.2) is 0 Å². The van der Waals surface area contributed by atoms with Crippen molar-refractivity contribution >= 4 is 10.1 Å². The minimum Gasteiger partial charge on any atom is -0.260 e. The standard InChI is InChI=1S/C5H6F6O3S/c1-3(5(9,10)11)15(12,13)14-2-4(6,7)8/h3H,2H2,1H3. The van der Waals surface area contributed by atoms with Crippen molar-refractivity contribution in [1.82, 2.24) is 0 Å². The van der Waals surface area contributed by atoms with Gasteiger partial charge in [0.1, 0.15) is 0 Å². The Labute approximate surface area is 81.1 Å². The van der Waals surface area contributed by atoms with E-state index in [1.165, 1.54) is 0 Å². The number of alkyl halides is 6. The molecule has 0 aliphatic carbocycles. The fourth-order valence-electron chi connectivity index (χ4n) is 0.415. The zero-order chi connectivity index (χ0) is 12.5. The van der Waals surface area contributed by atoms with Crippen LogP contribution in [0.1, 0.15) is 6.92 Å². The molecule has 1 atom stereocenters. The van der Waals surface area contributed by atoms with Crippen LogP contribution >= 0.6 is 0 Å². The molecule has 0 aliphatic heterocycles. The summed E-state index contributed by atoms with van der Waals surface area (Å²) in [7, 11) is -5.30. The van der Waals surface area contributed by atoms with Crippen LogP contribution in [0.2, 0.25) is 0 Å². The van der Waals surface area contributed by atoms with Gasteiger partial charge in [0.05, 0.1) is 0 Å². The molecule has 0 N–H and O–H groups in total.